The molecule has 2 aromatic carbocycles. The molecular weight excluding hydrogens is 277 g/mol. The molecule has 1 heterocycles. The van der Waals surface area contributed by atoms with Crippen LogP contribution in [-0.4, -0.2) is 5.91 Å². The Morgan fingerprint density at radius 3 is 2.36 bits per heavy atom. The molecule has 0 aliphatic carbocycles. The van der Waals surface area contributed by atoms with Gasteiger partial charge in [-0.05, 0) is 40.8 Å². The van der Waals surface area contributed by atoms with Crippen molar-refractivity contribution in [3.63, 3.8) is 0 Å². The van der Waals surface area contributed by atoms with Crippen LogP contribution in [0.1, 0.15) is 37.5 Å². The van der Waals surface area contributed by atoms with Gasteiger partial charge in [0.2, 0.25) is 0 Å². The highest BCUT2D eigenvalue weighted by Crippen LogP contribution is 2.33. The quantitative estimate of drug-likeness (QED) is 0.764. The molecule has 0 radical (unpaired) electrons. The summed E-state index contributed by atoms with van der Waals surface area (Å²) in [4.78, 5) is 12.1. The maximum absolute atomic E-state index is 13.4. The van der Waals surface area contributed by atoms with Crippen LogP contribution >= 0.6 is 0 Å². The molecule has 2 aromatic rings. The standard InChI is InChI=1S/C19H18FNO/c1-19(2,3)13-6-4-12(5-7-13)10-16-15-11-14(20)8-9-17(15)21-18(16)22/h4-11H,1-3H3,(H,21,22)/b16-10+. The first kappa shape index (κ1) is 14.5. The van der Waals surface area contributed by atoms with Gasteiger partial charge in [0.25, 0.3) is 5.91 Å². The second kappa shape index (κ2) is 5.09. The number of fused-ring (bicyclic) bond motifs is 1. The summed E-state index contributed by atoms with van der Waals surface area (Å²) in [5, 5.41) is 2.76. The molecule has 0 saturated carbocycles. The number of halogens is 1. The third kappa shape index (κ3) is 2.67. The van der Waals surface area contributed by atoms with Gasteiger partial charge in [-0.25, -0.2) is 4.39 Å². The number of anilines is 1. The van der Waals surface area contributed by atoms with Gasteiger partial charge in [0, 0.05) is 16.8 Å². The predicted octanol–water partition coefficient (Wildman–Crippen LogP) is 4.62. The van der Waals surface area contributed by atoms with Crippen LogP contribution in [0.15, 0.2) is 42.5 Å². The van der Waals surface area contributed by atoms with E-state index in [2.05, 4.69) is 38.2 Å². The van der Waals surface area contributed by atoms with E-state index in [1.165, 1.54) is 17.7 Å². The van der Waals surface area contributed by atoms with Crippen LogP contribution in [0.5, 0.6) is 0 Å². The number of nitrogens with one attached hydrogen (secondary N) is 1. The minimum absolute atomic E-state index is 0.0894. The molecule has 0 aromatic heterocycles. The minimum atomic E-state index is -0.343. The van der Waals surface area contributed by atoms with E-state index in [9.17, 15) is 9.18 Å². The van der Waals surface area contributed by atoms with E-state index in [-0.39, 0.29) is 17.1 Å². The lowest BCUT2D eigenvalue weighted by molar-refractivity contribution is -0.110. The Hall–Kier alpha value is -2.42. The number of benzene rings is 2. The molecule has 0 fully saturated rings. The molecule has 3 heteroatoms. The zero-order valence-electron chi connectivity index (χ0n) is 12.9. The lowest BCUT2D eigenvalue weighted by Crippen LogP contribution is -2.10. The zero-order valence-corrected chi connectivity index (χ0v) is 12.9. The Labute approximate surface area is 129 Å². The predicted molar refractivity (Wildman–Crippen MR) is 88.0 cm³/mol. The number of hydrogen-bond donors (Lipinski definition) is 1. The van der Waals surface area contributed by atoms with Gasteiger partial charge in [0.1, 0.15) is 5.82 Å². The van der Waals surface area contributed by atoms with Gasteiger partial charge in [-0.15, -0.1) is 0 Å². The van der Waals surface area contributed by atoms with Crippen LogP contribution in [0.4, 0.5) is 10.1 Å². The van der Waals surface area contributed by atoms with E-state index < -0.39 is 0 Å². The fourth-order valence-electron chi connectivity index (χ4n) is 2.55. The molecule has 0 atom stereocenters. The average molecular weight is 295 g/mol. The highest BCUT2D eigenvalue weighted by Gasteiger charge is 2.24. The number of amides is 1. The van der Waals surface area contributed by atoms with E-state index in [0.717, 1.165) is 5.56 Å². The van der Waals surface area contributed by atoms with Crippen LogP contribution in [0.3, 0.4) is 0 Å². The second-order valence-corrected chi connectivity index (χ2v) is 6.57. The Bertz CT molecular complexity index is 767. The number of carbonyl (C=O) groups is 1. The van der Waals surface area contributed by atoms with E-state index in [1.54, 1.807) is 12.1 Å². The average Bonchev–Trinajstić information content (AvgIpc) is 2.75. The summed E-state index contributed by atoms with van der Waals surface area (Å²) in [6, 6.07) is 12.4. The maximum Gasteiger partial charge on any atom is 0.256 e. The molecule has 1 aliphatic heterocycles. The van der Waals surface area contributed by atoms with Crippen LogP contribution in [0.25, 0.3) is 11.6 Å². The van der Waals surface area contributed by atoms with Crippen molar-refractivity contribution in [2.45, 2.75) is 26.2 Å². The lowest BCUT2D eigenvalue weighted by atomic mass is 9.86. The number of hydrogen-bond acceptors (Lipinski definition) is 1. The topological polar surface area (TPSA) is 29.1 Å². The molecule has 22 heavy (non-hydrogen) atoms. The van der Waals surface area contributed by atoms with E-state index in [1.807, 2.05) is 12.1 Å². The first-order chi connectivity index (χ1) is 10.3. The summed E-state index contributed by atoms with van der Waals surface area (Å²) >= 11 is 0. The third-order valence-electron chi connectivity index (χ3n) is 3.85. The highest BCUT2D eigenvalue weighted by atomic mass is 19.1. The molecule has 1 amide bonds. The molecule has 0 unspecified atom stereocenters. The Balaban J connectivity index is 1.99. The zero-order chi connectivity index (χ0) is 15.9. The second-order valence-electron chi connectivity index (χ2n) is 6.57. The molecule has 0 bridgehead atoms. The maximum atomic E-state index is 13.4. The van der Waals surface area contributed by atoms with Crippen LogP contribution in [0.2, 0.25) is 0 Å². The summed E-state index contributed by atoms with van der Waals surface area (Å²) in [5.41, 5.74) is 4.02. The van der Waals surface area contributed by atoms with Gasteiger partial charge in [-0.3, -0.25) is 4.79 Å². The highest BCUT2D eigenvalue weighted by molar-refractivity contribution is 6.34. The smallest absolute Gasteiger partial charge is 0.256 e. The summed E-state index contributed by atoms with van der Waals surface area (Å²) in [5.74, 6) is -0.537. The van der Waals surface area contributed by atoms with Crippen molar-refractivity contribution in [2.75, 3.05) is 5.32 Å². The van der Waals surface area contributed by atoms with Crippen LogP contribution < -0.4 is 5.32 Å². The fraction of sp³-hybridized carbons (Fsp3) is 0.211. The van der Waals surface area contributed by atoms with Gasteiger partial charge in [-0.2, -0.15) is 0 Å². The molecule has 3 rings (SSSR count). The fourth-order valence-corrected chi connectivity index (χ4v) is 2.55. The first-order valence-corrected chi connectivity index (χ1v) is 7.28. The van der Waals surface area contributed by atoms with E-state index >= 15 is 0 Å². The molecule has 1 N–H and O–H groups in total. The van der Waals surface area contributed by atoms with Gasteiger partial charge in [0.05, 0.1) is 0 Å². The van der Waals surface area contributed by atoms with Crippen molar-refractivity contribution in [1.82, 2.24) is 0 Å². The number of rotatable bonds is 1. The number of carbonyl (C=O) groups excluding carboxylic acids is 1. The van der Waals surface area contributed by atoms with Gasteiger partial charge in [0.15, 0.2) is 0 Å². The summed E-state index contributed by atoms with van der Waals surface area (Å²) in [6.07, 6.45) is 1.80. The summed E-state index contributed by atoms with van der Waals surface area (Å²) in [7, 11) is 0. The summed E-state index contributed by atoms with van der Waals surface area (Å²) < 4.78 is 13.4. The Morgan fingerprint density at radius 2 is 1.73 bits per heavy atom. The molecule has 0 saturated heterocycles. The van der Waals surface area contributed by atoms with Crippen molar-refractivity contribution < 1.29 is 9.18 Å². The van der Waals surface area contributed by atoms with E-state index in [0.29, 0.717) is 16.8 Å². The van der Waals surface area contributed by atoms with E-state index in [4.69, 9.17) is 0 Å². The van der Waals surface area contributed by atoms with Crippen LogP contribution in [0, 0.1) is 5.82 Å². The van der Waals surface area contributed by atoms with Crippen molar-refractivity contribution in [2.24, 2.45) is 0 Å². The summed E-state index contributed by atoms with van der Waals surface area (Å²) in [6.45, 7) is 6.47. The minimum Gasteiger partial charge on any atom is -0.321 e. The first-order valence-electron chi connectivity index (χ1n) is 7.28. The molecule has 2 nitrogen and oxygen atoms in total. The molecule has 112 valence electrons. The monoisotopic (exact) mass is 295 g/mol. The van der Waals surface area contributed by atoms with Gasteiger partial charge < -0.3 is 5.32 Å². The molecule has 0 spiro atoms. The lowest BCUT2D eigenvalue weighted by Gasteiger charge is -2.18. The van der Waals surface area contributed by atoms with Crippen molar-refractivity contribution in [1.29, 1.82) is 0 Å². The van der Waals surface area contributed by atoms with Crippen molar-refractivity contribution in [3.05, 3.63) is 65.0 Å². The molecular formula is C19H18FNO. The Morgan fingerprint density at radius 1 is 1.05 bits per heavy atom. The largest absolute Gasteiger partial charge is 0.321 e. The van der Waals surface area contributed by atoms with Crippen molar-refractivity contribution in [3.8, 4) is 0 Å². The SMILES string of the molecule is CC(C)(C)c1ccc(/C=C2/C(=O)Nc3ccc(F)cc32)cc1. The van der Waals surface area contributed by atoms with Crippen LogP contribution in [-0.2, 0) is 10.2 Å². The Kier molecular flexibility index (Phi) is 3.36. The third-order valence-corrected chi connectivity index (χ3v) is 3.85. The normalized spacial score (nSPS) is 15.8. The van der Waals surface area contributed by atoms with Crippen molar-refractivity contribution >= 4 is 23.2 Å². The molecule has 1 aliphatic rings. The van der Waals surface area contributed by atoms with Gasteiger partial charge in [-0.1, -0.05) is 45.0 Å². The van der Waals surface area contributed by atoms with Gasteiger partial charge >= 0.3 is 0 Å².